The van der Waals surface area contributed by atoms with Crippen LogP contribution in [0.15, 0.2) is 54.9 Å². The standard InChI is InChI=1S/C25H28F3N9O2S/c26-16-1-3-17(4-2-16)33-21-11-25(29,31-13-19(21)20-8-10-36(35-20)24(27)28)22-7-9-30-23(34-22)15-12-32-37(14-15)40(38,39)18-5-6-18/h7-14,16-18,24,31,33H,1-6,29H2. The van der Waals surface area contributed by atoms with Gasteiger partial charge in [0.15, 0.2) is 11.5 Å². The van der Waals surface area contributed by atoms with Gasteiger partial charge in [0.2, 0.25) is 0 Å². The Morgan fingerprint density at radius 2 is 1.93 bits per heavy atom. The highest BCUT2D eigenvalue weighted by Crippen LogP contribution is 2.33. The highest BCUT2D eigenvalue weighted by atomic mass is 32.2. The van der Waals surface area contributed by atoms with Gasteiger partial charge in [0.1, 0.15) is 6.17 Å². The molecule has 0 radical (unpaired) electrons. The Kier molecular flexibility index (Phi) is 6.65. The summed E-state index contributed by atoms with van der Waals surface area (Å²) >= 11 is 0. The van der Waals surface area contributed by atoms with Gasteiger partial charge < -0.3 is 16.4 Å². The van der Waals surface area contributed by atoms with Crippen LogP contribution in [0.4, 0.5) is 13.2 Å². The highest BCUT2D eigenvalue weighted by Gasteiger charge is 2.38. The number of aromatic nitrogens is 6. The van der Waals surface area contributed by atoms with Crippen molar-refractivity contribution in [1.82, 2.24) is 39.6 Å². The normalized spacial score (nSPS) is 25.3. The minimum absolute atomic E-state index is 0.0404. The Bertz CT molecular complexity index is 1570. The van der Waals surface area contributed by atoms with E-state index in [0.29, 0.717) is 71.4 Å². The van der Waals surface area contributed by atoms with Crippen molar-refractivity contribution in [3.8, 4) is 11.4 Å². The first kappa shape index (κ1) is 26.5. The van der Waals surface area contributed by atoms with Crippen LogP contribution in [0, 0.1) is 0 Å². The van der Waals surface area contributed by atoms with E-state index in [1.165, 1.54) is 30.9 Å². The Balaban J connectivity index is 1.32. The first-order valence-corrected chi connectivity index (χ1v) is 14.5. The second kappa shape index (κ2) is 10.0. The van der Waals surface area contributed by atoms with E-state index < -0.39 is 33.7 Å². The van der Waals surface area contributed by atoms with Crippen LogP contribution in [-0.4, -0.2) is 54.8 Å². The zero-order valence-electron chi connectivity index (χ0n) is 21.3. The summed E-state index contributed by atoms with van der Waals surface area (Å²) in [5.41, 5.74) is 7.58. The third-order valence-corrected chi connectivity index (χ3v) is 9.36. The second-order valence-corrected chi connectivity index (χ2v) is 12.4. The van der Waals surface area contributed by atoms with Crippen LogP contribution in [0.2, 0.25) is 0 Å². The summed E-state index contributed by atoms with van der Waals surface area (Å²) in [4.78, 5) is 8.87. The van der Waals surface area contributed by atoms with Crippen LogP contribution in [0.25, 0.3) is 17.0 Å². The molecule has 0 spiro atoms. The molecule has 11 nitrogen and oxygen atoms in total. The predicted octanol–water partition coefficient (Wildman–Crippen LogP) is 2.78. The fraction of sp³-hybridized carbons (Fsp3) is 0.440. The lowest BCUT2D eigenvalue weighted by molar-refractivity contribution is 0.0565. The molecule has 1 unspecified atom stereocenters. The molecule has 0 amide bonds. The number of nitrogens with two attached hydrogens (primary N) is 1. The summed E-state index contributed by atoms with van der Waals surface area (Å²) in [6.07, 6.45) is 11.2. The van der Waals surface area contributed by atoms with Crippen LogP contribution < -0.4 is 16.4 Å². The summed E-state index contributed by atoms with van der Waals surface area (Å²) in [7, 11) is -3.55. The minimum Gasteiger partial charge on any atom is -0.382 e. The van der Waals surface area contributed by atoms with Crippen molar-refractivity contribution in [3.05, 3.63) is 66.3 Å². The van der Waals surface area contributed by atoms with Gasteiger partial charge in [0.05, 0.1) is 34.6 Å². The molecule has 3 aromatic rings. The van der Waals surface area contributed by atoms with Gasteiger partial charge >= 0.3 is 6.55 Å². The van der Waals surface area contributed by atoms with E-state index in [1.807, 2.05) is 0 Å². The molecule has 0 saturated heterocycles. The van der Waals surface area contributed by atoms with E-state index in [4.69, 9.17) is 5.73 Å². The Morgan fingerprint density at radius 1 is 1.15 bits per heavy atom. The average Bonchev–Trinajstić information content (AvgIpc) is 3.48. The molecule has 2 fully saturated rings. The van der Waals surface area contributed by atoms with Gasteiger partial charge in [0.25, 0.3) is 10.0 Å². The summed E-state index contributed by atoms with van der Waals surface area (Å²) in [6.45, 7) is -2.79. The molecule has 4 heterocycles. The van der Waals surface area contributed by atoms with Gasteiger partial charge in [0, 0.05) is 35.9 Å². The first-order chi connectivity index (χ1) is 19.1. The van der Waals surface area contributed by atoms with Crippen molar-refractivity contribution in [2.45, 2.75) is 68.2 Å². The Labute approximate surface area is 228 Å². The summed E-state index contributed by atoms with van der Waals surface area (Å²) < 4.78 is 66.8. The second-order valence-electron chi connectivity index (χ2n) is 10.3. The summed E-state index contributed by atoms with van der Waals surface area (Å²) in [5, 5.41) is 14.1. The fourth-order valence-electron chi connectivity index (χ4n) is 4.91. The van der Waals surface area contributed by atoms with Gasteiger partial charge in [-0.2, -0.15) is 23.1 Å². The van der Waals surface area contributed by atoms with Crippen LogP contribution in [-0.2, 0) is 15.7 Å². The molecule has 2 saturated carbocycles. The van der Waals surface area contributed by atoms with Crippen LogP contribution in [0.1, 0.15) is 56.5 Å². The van der Waals surface area contributed by atoms with Crippen molar-refractivity contribution >= 4 is 15.6 Å². The van der Waals surface area contributed by atoms with Crippen LogP contribution in [0.5, 0.6) is 0 Å². The lowest BCUT2D eigenvalue weighted by Crippen LogP contribution is -2.50. The minimum atomic E-state index is -3.55. The van der Waals surface area contributed by atoms with Crippen LogP contribution >= 0.6 is 0 Å². The zero-order chi connectivity index (χ0) is 28.1. The third-order valence-electron chi connectivity index (χ3n) is 7.32. The van der Waals surface area contributed by atoms with Crippen molar-refractivity contribution in [2.24, 2.45) is 5.73 Å². The third kappa shape index (κ3) is 5.10. The fourth-order valence-corrected chi connectivity index (χ4v) is 6.39. The Morgan fingerprint density at radius 3 is 2.62 bits per heavy atom. The highest BCUT2D eigenvalue weighted by molar-refractivity contribution is 7.90. The molecule has 15 heteroatoms. The lowest BCUT2D eigenvalue weighted by Gasteiger charge is -2.34. The summed E-state index contributed by atoms with van der Waals surface area (Å²) in [6, 6.07) is 3.06. The van der Waals surface area contributed by atoms with Gasteiger partial charge in [-0.05, 0) is 56.7 Å². The monoisotopic (exact) mass is 575 g/mol. The molecule has 2 aliphatic carbocycles. The van der Waals surface area contributed by atoms with Crippen molar-refractivity contribution in [3.63, 3.8) is 0 Å². The number of hydrogen-bond donors (Lipinski definition) is 3. The number of halogens is 3. The quantitative estimate of drug-likeness (QED) is 0.369. The zero-order valence-corrected chi connectivity index (χ0v) is 22.1. The van der Waals surface area contributed by atoms with Gasteiger partial charge in [-0.3, -0.25) is 0 Å². The van der Waals surface area contributed by atoms with Crippen LogP contribution in [0.3, 0.4) is 0 Å². The number of nitrogens with zero attached hydrogens (tertiary/aromatic N) is 6. The van der Waals surface area contributed by atoms with Gasteiger partial charge in [-0.15, -0.1) is 0 Å². The van der Waals surface area contributed by atoms with E-state index in [9.17, 15) is 21.6 Å². The molecule has 1 atom stereocenters. The lowest BCUT2D eigenvalue weighted by atomic mass is 9.91. The van der Waals surface area contributed by atoms with E-state index in [2.05, 4.69) is 30.8 Å². The van der Waals surface area contributed by atoms with Crippen molar-refractivity contribution in [2.75, 3.05) is 0 Å². The molecule has 0 bridgehead atoms. The molecule has 3 aliphatic rings. The first-order valence-electron chi connectivity index (χ1n) is 13.0. The summed E-state index contributed by atoms with van der Waals surface area (Å²) in [5.74, 6) is 0.232. The van der Waals surface area contributed by atoms with E-state index in [1.54, 1.807) is 18.3 Å². The number of rotatable bonds is 8. The Hall–Kier alpha value is -3.72. The van der Waals surface area contributed by atoms with Crippen molar-refractivity contribution < 1.29 is 21.6 Å². The molecule has 0 aromatic carbocycles. The molecule has 4 N–H and O–H groups in total. The largest absolute Gasteiger partial charge is 0.382 e. The molecule has 40 heavy (non-hydrogen) atoms. The molecular formula is C25H28F3N9O2S. The molecule has 212 valence electrons. The number of alkyl halides is 3. The topological polar surface area (TPSA) is 146 Å². The molecular weight excluding hydrogens is 547 g/mol. The van der Waals surface area contributed by atoms with Gasteiger partial charge in [-0.25, -0.2) is 27.5 Å². The smallest absolute Gasteiger partial charge is 0.333 e. The molecule has 3 aromatic heterocycles. The maximum absolute atomic E-state index is 13.8. The SMILES string of the molecule is NC1(c2ccnc(-c3cnn(S(=O)(=O)C4CC4)c3)n2)C=C(NC2CCC(F)CC2)C(c2ccn(C(F)F)n2)=CN1. The van der Waals surface area contributed by atoms with E-state index in [0.717, 1.165) is 4.09 Å². The van der Waals surface area contributed by atoms with E-state index in [-0.39, 0.29) is 11.9 Å². The number of allylic oxidation sites excluding steroid dienone is 1. The van der Waals surface area contributed by atoms with Gasteiger partial charge in [-0.1, -0.05) is 0 Å². The van der Waals surface area contributed by atoms with E-state index >= 15 is 0 Å². The number of nitrogens with one attached hydrogen (secondary N) is 2. The average molecular weight is 576 g/mol. The molecule has 6 rings (SSSR count). The maximum Gasteiger partial charge on any atom is 0.333 e. The molecule has 1 aliphatic heterocycles. The number of hydrogen-bond acceptors (Lipinski definition) is 9. The maximum atomic E-state index is 13.8. The predicted molar refractivity (Wildman–Crippen MR) is 139 cm³/mol. The van der Waals surface area contributed by atoms with Crippen molar-refractivity contribution in [1.29, 1.82) is 0 Å². The number of dihydropyridines is 1.